The minimum Gasteiger partial charge on any atom is -0.377 e. The number of piperazine rings is 3. The second-order valence-electron chi connectivity index (χ2n) is 32.0. The fourth-order valence-corrected chi connectivity index (χ4v) is 17.4. The number of hydrogen-bond donors (Lipinski definition) is 3. The maximum atomic E-state index is 13.8. The van der Waals surface area contributed by atoms with Gasteiger partial charge in [0, 0.05) is 196 Å². The lowest BCUT2D eigenvalue weighted by molar-refractivity contribution is -0.138. The molecule has 9 atom stereocenters. The zero-order valence-corrected chi connectivity index (χ0v) is 74.1. The van der Waals surface area contributed by atoms with Crippen LogP contribution >= 0.6 is 69.6 Å². The van der Waals surface area contributed by atoms with Crippen molar-refractivity contribution in [3.8, 4) is 0 Å². The Morgan fingerprint density at radius 3 is 1.00 bits per heavy atom. The Balaban J connectivity index is 0.000000198. The number of anilines is 3. The van der Waals surface area contributed by atoms with E-state index < -0.39 is 41.3 Å². The Morgan fingerprint density at radius 2 is 0.736 bits per heavy atom. The first-order chi connectivity index (χ1) is 57.6. The van der Waals surface area contributed by atoms with Gasteiger partial charge in [0.1, 0.15) is 12.4 Å². The number of nitrogens with two attached hydrogens (primary N) is 1. The first kappa shape index (κ1) is 98.5. The topological polar surface area (TPSA) is 165 Å². The summed E-state index contributed by atoms with van der Waals surface area (Å²) >= 11 is 36.6. The number of aldehydes is 1. The van der Waals surface area contributed by atoms with Crippen molar-refractivity contribution in [2.24, 2.45) is 23.5 Å². The summed E-state index contributed by atoms with van der Waals surface area (Å²) in [4.78, 5) is 60.2. The molecule has 6 aromatic carbocycles. The number of alkyl halides is 9. The average molecular weight is 1820 g/mol. The second kappa shape index (κ2) is 46.8. The number of benzene rings is 6. The third-order valence-corrected chi connectivity index (χ3v) is 25.6. The predicted octanol–water partition coefficient (Wildman–Crippen LogP) is 21.0. The lowest BCUT2D eigenvalue weighted by Gasteiger charge is -2.39. The maximum Gasteiger partial charge on any atom is 0.416 e. The number of aryl methyl sites for hydroxylation is 3. The van der Waals surface area contributed by atoms with Gasteiger partial charge in [-0.25, -0.2) is 0 Å². The number of hydrogen-bond acceptors (Lipinski definition) is 13. The van der Waals surface area contributed by atoms with Crippen LogP contribution in [0.2, 0.25) is 30.1 Å². The summed E-state index contributed by atoms with van der Waals surface area (Å²) in [6.07, 6.45) is -1.53. The van der Waals surface area contributed by atoms with Gasteiger partial charge in [0.25, 0.3) is 0 Å². The number of halogens is 15. The second-order valence-corrected chi connectivity index (χ2v) is 34.6. The van der Waals surface area contributed by atoms with E-state index in [4.69, 9.17) is 89.5 Å². The molecule has 6 fully saturated rings. The highest BCUT2D eigenvalue weighted by Crippen LogP contribution is 2.43. The summed E-state index contributed by atoms with van der Waals surface area (Å²) in [6, 6.07) is 26.7. The SMILES string of the molecule is CCC(C)[C@H](N)c1cc(C(F)(F)F)ccc1N1CCN(C(=O)CCc2ccc(Cl)cc2Cl)CC1.CCC(C)[C@H](NCC1CCCO1)c1cc(C(F)(F)F)ccc1N1CCN(C(=O)CCc2ccc(Cl)cc2Cl)CC1.CCC(C)[C@H](NCC1CCCO1)c1cc(C(F)(F)F)ccc1N1CCN(C(=O)CCc2ccc(Cl)cc2Cl)CC1.O=CC1CCCO1. The molecule has 666 valence electrons. The van der Waals surface area contributed by atoms with E-state index >= 15 is 0 Å². The van der Waals surface area contributed by atoms with Crippen LogP contribution in [0.4, 0.5) is 56.6 Å². The first-order valence-electron chi connectivity index (χ1n) is 42.1. The summed E-state index contributed by atoms with van der Waals surface area (Å²) in [5, 5.41) is 10.4. The molecule has 0 aliphatic carbocycles. The lowest BCUT2D eigenvalue weighted by atomic mass is 9.89. The van der Waals surface area contributed by atoms with Gasteiger partial charge in [-0.3, -0.25) is 14.4 Å². The van der Waals surface area contributed by atoms with Gasteiger partial charge >= 0.3 is 18.5 Å². The van der Waals surface area contributed by atoms with Crippen molar-refractivity contribution in [2.45, 2.75) is 193 Å². The number of amides is 3. The van der Waals surface area contributed by atoms with E-state index in [2.05, 4.69) is 48.1 Å². The minimum absolute atomic E-state index is 0.0228. The highest BCUT2D eigenvalue weighted by atomic mass is 35.5. The van der Waals surface area contributed by atoms with Crippen LogP contribution in [0.3, 0.4) is 0 Å². The molecule has 6 saturated heterocycles. The molecule has 0 saturated carbocycles. The van der Waals surface area contributed by atoms with Crippen molar-refractivity contribution in [1.29, 1.82) is 0 Å². The molecule has 31 heteroatoms. The van der Waals surface area contributed by atoms with Gasteiger partial charge in [-0.1, -0.05) is 149 Å². The smallest absolute Gasteiger partial charge is 0.377 e. The molecule has 4 N–H and O–H groups in total. The molecule has 0 aromatic heterocycles. The number of nitrogens with zero attached hydrogens (tertiary/aromatic N) is 6. The molecule has 6 unspecified atom stereocenters. The highest BCUT2D eigenvalue weighted by molar-refractivity contribution is 6.36. The summed E-state index contributed by atoms with van der Waals surface area (Å²) in [5.41, 5.74) is 11.1. The Bertz CT molecular complexity index is 4140. The molecule has 3 amide bonds. The van der Waals surface area contributed by atoms with Crippen LogP contribution in [0.25, 0.3) is 0 Å². The fourth-order valence-electron chi connectivity index (χ4n) is 15.9. The average Bonchev–Trinajstić information content (AvgIpc) is 1.08. The van der Waals surface area contributed by atoms with Crippen molar-refractivity contribution in [2.75, 3.05) is 126 Å². The molecule has 0 bridgehead atoms. The van der Waals surface area contributed by atoms with Crippen LogP contribution in [0.1, 0.15) is 187 Å². The van der Waals surface area contributed by atoms with E-state index in [0.717, 1.165) is 118 Å². The van der Waals surface area contributed by atoms with Gasteiger partial charge in [0.05, 0.1) is 28.9 Å². The highest BCUT2D eigenvalue weighted by Gasteiger charge is 2.39. The number of nitrogens with one attached hydrogen (secondary N) is 2. The number of carbonyl (C=O) groups excluding carboxylic acids is 4. The van der Waals surface area contributed by atoms with E-state index in [9.17, 15) is 58.7 Å². The molecular formula is C90H114Cl6F9N9O7. The monoisotopic (exact) mass is 1810 g/mol. The van der Waals surface area contributed by atoms with Crippen molar-refractivity contribution in [1.82, 2.24) is 25.3 Å². The maximum absolute atomic E-state index is 13.8. The number of rotatable bonds is 28. The van der Waals surface area contributed by atoms with Crippen LogP contribution in [0, 0.1) is 17.8 Å². The third kappa shape index (κ3) is 28.8. The Morgan fingerprint density at radius 1 is 0.430 bits per heavy atom. The van der Waals surface area contributed by atoms with Gasteiger partial charge in [-0.05, 0) is 200 Å². The molecule has 121 heavy (non-hydrogen) atoms. The van der Waals surface area contributed by atoms with E-state index in [0.29, 0.717) is 183 Å². The summed E-state index contributed by atoms with van der Waals surface area (Å²) in [6.45, 7) is 21.8. The molecule has 12 rings (SSSR count). The van der Waals surface area contributed by atoms with E-state index in [-0.39, 0.29) is 65.9 Å². The number of ether oxygens (including phenoxy) is 3. The largest absolute Gasteiger partial charge is 0.416 e. The molecule has 6 aliphatic heterocycles. The van der Waals surface area contributed by atoms with E-state index in [1.165, 1.54) is 36.4 Å². The quantitative estimate of drug-likeness (QED) is 0.0314. The molecule has 0 spiro atoms. The Kier molecular flexibility index (Phi) is 38.0. The fraction of sp³-hybridized carbons (Fsp3) is 0.556. The normalized spacial score (nSPS) is 19.4. The zero-order chi connectivity index (χ0) is 87.9. The van der Waals surface area contributed by atoms with Gasteiger partial charge in [0.15, 0.2) is 0 Å². The van der Waals surface area contributed by atoms with Crippen molar-refractivity contribution in [3.05, 3.63) is 189 Å². The first-order valence-corrected chi connectivity index (χ1v) is 44.4. The van der Waals surface area contributed by atoms with Crippen LogP contribution in [-0.2, 0) is 71.2 Å². The molecule has 0 radical (unpaired) electrons. The number of carbonyl (C=O) groups is 4. The Labute approximate surface area is 736 Å². The van der Waals surface area contributed by atoms with E-state index in [1.54, 1.807) is 53.4 Å². The van der Waals surface area contributed by atoms with Crippen molar-refractivity contribution >= 4 is 111 Å². The zero-order valence-electron chi connectivity index (χ0n) is 69.6. The lowest BCUT2D eigenvalue weighted by Crippen LogP contribution is -2.49. The molecule has 6 aliphatic rings. The standard InChI is InChI=1S/2C30H38Cl2F3N3O2.C25H30Cl2F3N3O.C5H8O2/c2*1-3-20(2)29(36-19-24-5-4-16-40-24)25-17-22(30(33,34)35)8-10-27(25)37-12-14-38(15-13-37)28(39)11-7-21-6-9-23(31)18-26(21)32;1-3-16(2)24(31)20-14-18(25(28,29)30)6-8-22(20)32-10-12-33(13-11-32)23(34)9-5-17-4-7-19(26)15-21(17)27;6-4-5-2-1-3-7-5/h2*6,8-10,17-18,20,24,29,36H,3-5,7,11-16,19H2,1-2H3;4,6-8,14-16,24H,3,5,9-13,31H2,1-2H3;4-5H,1-3H2/t2*20?,24?,29-;16?,24-;/m000./s1. The van der Waals surface area contributed by atoms with Crippen molar-refractivity contribution < 1.29 is 72.9 Å². The van der Waals surface area contributed by atoms with Crippen LogP contribution in [-0.4, -0.2) is 168 Å². The summed E-state index contributed by atoms with van der Waals surface area (Å²) in [7, 11) is 0. The van der Waals surface area contributed by atoms with E-state index in [1.807, 2.05) is 46.7 Å². The molecule has 6 heterocycles. The van der Waals surface area contributed by atoms with Gasteiger partial charge in [0.2, 0.25) is 17.7 Å². The van der Waals surface area contributed by atoms with Crippen LogP contribution < -0.4 is 31.1 Å². The van der Waals surface area contributed by atoms with Gasteiger partial charge < -0.3 is 64.8 Å². The predicted molar refractivity (Wildman–Crippen MR) is 465 cm³/mol. The van der Waals surface area contributed by atoms with Gasteiger partial charge in [-0.2, -0.15) is 39.5 Å². The molecule has 6 aromatic rings. The molecule has 16 nitrogen and oxygen atoms in total. The molecular weight excluding hydrogens is 1700 g/mol. The van der Waals surface area contributed by atoms with Crippen LogP contribution in [0.5, 0.6) is 0 Å². The van der Waals surface area contributed by atoms with Crippen molar-refractivity contribution in [3.63, 3.8) is 0 Å². The van der Waals surface area contributed by atoms with Gasteiger partial charge in [-0.15, -0.1) is 0 Å². The summed E-state index contributed by atoms with van der Waals surface area (Å²) < 4.78 is 139. The minimum atomic E-state index is -4.43. The Hall–Kier alpha value is -6.33. The summed E-state index contributed by atoms with van der Waals surface area (Å²) in [5.74, 6) is 0.361. The van der Waals surface area contributed by atoms with Crippen LogP contribution in [0.15, 0.2) is 109 Å². The third-order valence-electron chi connectivity index (χ3n) is 23.9.